The number of hydrogen-bond donors (Lipinski definition) is 1. The molecular weight excluding hydrogens is 302 g/mol. The van der Waals surface area contributed by atoms with Gasteiger partial charge in [0.15, 0.2) is 5.78 Å². The highest BCUT2D eigenvalue weighted by Gasteiger charge is 2.26. The predicted molar refractivity (Wildman–Crippen MR) is 94.1 cm³/mol. The standard InChI is InChI=1S/C15H25N3OS2/c1-5-11(19)13-12(16)14(20-4)15(21-13)18-8-6-17(7-9-18)10(2)3/h10H,5-9,16H2,1-4H3. The number of thiophene rings is 1. The fourth-order valence-corrected chi connectivity index (χ4v) is 4.87. The van der Waals surface area contributed by atoms with Gasteiger partial charge in [-0.1, -0.05) is 6.92 Å². The number of nitrogens with two attached hydrogens (primary N) is 1. The number of nitrogens with zero attached hydrogens (tertiary/aromatic N) is 2. The Bertz CT molecular complexity index is 505. The molecule has 1 fully saturated rings. The Morgan fingerprint density at radius 1 is 1.33 bits per heavy atom. The van der Waals surface area contributed by atoms with Crippen LogP contribution in [0.2, 0.25) is 0 Å². The smallest absolute Gasteiger partial charge is 0.174 e. The van der Waals surface area contributed by atoms with Crippen LogP contribution in [0.3, 0.4) is 0 Å². The summed E-state index contributed by atoms with van der Waals surface area (Å²) in [6, 6.07) is 0.595. The van der Waals surface area contributed by atoms with Gasteiger partial charge in [0.2, 0.25) is 0 Å². The second-order valence-electron chi connectivity index (χ2n) is 5.58. The van der Waals surface area contributed by atoms with Crippen molar-refractivity contribution >= 4 is 39.6 Å². The van der Waals surface area contributed by atoms with E-state index in [1.54, 1.807) is 23.1 Å². The highest BCUT2D eigenvalue weighted by molar-refractivity contribution is 7.99. The van der Waals surface area contributed by atoms with Crippen LogP contribution in [-0.4, -0.2) is 49.2 Å². The van der Waals surface area contributed by atoms with Crippen LogP contribution < -0.4 is 10.6 Å². The molecule has 2 rings (SSSR count). The predicted octanol–water partition coefficient (Wildman–Crippen LogP) is 3.18. The fraction of sp³-hybridized carbons (Fsp3) is 0.667. The molecule has 0 radical (unpaired) electrons. The SMILES string of the molecule is CCC(=O)c1sc(N2CCN(C(C)C)CC2)c(SC)c1N. The molecule has 1 aromatic rings. The van der Waals surface area contributed by atoms with Gasteiger partial charge in [0, 0.05) is 38.6 Å². The van der Waals surface area contributed by atoms with Crippen molar-refractivity contribution in [2.75, 3.05) is 43.1 Å². The van der Waals surface area contributed by atoms with E-state index in [4.69, 9.17) is 5.73 Å². The van der Waals surface area contributed by atoms with E-state index in [0.717, 1.165) is 36.0 Å². The number of hydrogen-bond acceptors (Lipinski definition) is 6. The number of Topliss-reactive ketones (excluding diaryl/α,β-unsaturated/α-hetero) is 1. The van der Waals surface area contributed by atoms with Crippen LogP contribution in [0.25, 0.3) is 0 Å². The zero-order valence-corrected chi connectivity index (χ0v) is 14.9. The van der Waals surface area contributed by atoms with Crippen LogP contribution in [0.5, 0.6) is 0 Å². The summed E-state index contributed by atoms with van der Waals surface area (Å²) in [7, 11) is 0. The van der Waals surface area contributed by atoms with Crippen molar-refractivity contribution in [2.45, 2.75) is 38.1 Å². The van der Waals surface area contributed by atoms with E-state index >= 15 is 0 Å². The minimum absolute atomic E-state index is 0.153. The Hall–Kier alpha value is -0.720. The van der Waals surface area contributed by atoms with Gasteiger partial charge < -0.3 is 10.6 Å². The Kier molecular flexibility index (Phi) is 5.57. The molecule has 4 nitrogen and oxygen atoms in total. The summed E-state index contributed by atoms with van der Waals surface area (Å²) in [4.78, 5) is 18.7. The number of nitrogen functional groups attached to an aromatic ring is 1. The number of carbonyl (C=O) groups is 1. The third kappa shape index (κ3) is 3.38. The summed E-state index contributed by atoms with van der Waals surface area (Å²) in [6.07, 6.45) is 2.55. The molecule has 0 unspecified atom stereocenters. The third-order valence-electron chi connectivity index (χ3n) is 3.99. The maximum atomic E-state index is 12.0. The average Bonchev–Trinajstić information content (AvgIpc) is 2.83. The number of thioether (sulfide) groups is 1. The van der Waals surface area contributed by atoms with Crippen molar-refractivity contribution in [3.63, 3.8) is 0 Å². The quantitative estimate of drug-likeness (QED) is 0.665. The van der Waals surface area contributed by atoms with Crippen molar-refractivity contribution in [2.24, 2.45) is 0 Å². The summed E-state index contributed by atoms with van der Waals surface area (Å²) in [5, 5.41) is 1.18. The van der Waals surface area contributed by atoms with Crippen LogP contribution in [0.1, 0.15) is 36.9 Å². The van der Waals surface area contributed by atoms with E-state index in [2.05, 4.69) is 23.6 Å². The van der Waals surface area contributed by atoms with Crippen LogP contribution in [0, 0.1) is 0 Å². The molecule has 1 aromatic heterocycles. The molecule has 1 aliphatic heterocycles. The largest absolute Gasteiger partial charge is 0.396 e. The molecule has 118 valence electrons. The maximum Gasteiger partial charge on any atom is 0.174 e. The minimum atomic E-state index is 0.153. The zero-order valence-electron chi connectivity index (χ0n) is 13.3. The van der Waals surface area contributed by atoms with E-state index < -0.39 is 0 Å². The van der Waals surface area contributed by atoms with Crippen LogP contribution in [0.4, 0.5) is 10.7 Å². The molecule has 1 aliphatic rings. The highest BCUT2D eigenvalue weighted by Crippen LogP contribution is 2.44. The summed E-state index contributed by atoms with van der Waals surface area (Å²) < 4.78 is 0. The first-order chi connectivity index (χ1) is 9.99. The van der Waals surface area contributed by atoms with Gasteiger partial charge in [0.25, 0.3) is 0 Å². The third-order valence-corrected chi connectivity index (χ3v) is 6.25. The van der Waals surface area contributed by atoms with Gasteiger partial charge in [-0.2, -0.15) is 0 Å². The molecule has 2 N–H and O–H groups in total. The van der Waals surface area contributed by atoms with Crippen molar-refractivity contribution < 1.29 is 4.79 Å². The van der Waals surface area contributed by atoms with Crippen molar-refractivity contribution in [1.29, 1.82) is 0 Å². The molecule has 6 heteroatoms. The normalized spacial score (nSPS) is 16.7. The van der Waals surface area contributed by atoms with Crippen LogP contribution in [0.15, 0.2) is 4.90 Å². The lowest BCUT2D eigenvalue weighted by Gasteiger charge is -2.37. The van der Waals surface area contributed by atoms with Crippen LogP contribution in [-0.2, 0) is 0 Å². The highest BCUT2D eigenvalue weighted by atomic mass is 32.2. The summed E-state index contributed by atoms with van der Waals surface area (Å²) in [5.74, 6) is 0.153. The number of carbonyl (C=O) groups excluding carboxylic acids is 1. The van der Waals surface area contributed by atoms with Gasteiger partial charge in [0.05, 0.1) is 15.5 Å². The van der Waals surface area contributed by atoms with Gasteiger partial charge in [0.1, 0.15) is 5.00 Å². The number of anilines is 2. The molecule has 2 heterocycles. The van der Waals surface area contributed by atoms with Gasteiger partial charge in [-0.3, -0.25) is 9.69 Å². The van der Waals surface area contributed by atoms with Crippen molar-refractivity contribution in [3.05, 3.63) is 4.88 Å². The van der Waals surface area contributed by atoms with Crippen molar-refractivity contribution in [3.8, 4) is 0 Å². The molecule has 0 aliphatic carbocycles. The van der Waals surface area contributed by atoms with Crippen molar-refractivity contribution in [1.82, 2.24) is 4.90 Å². The lowest BCUT2D eigenvalue weighted by atomic mass is 10.2. The first kappa shape index (κ1) is 16.6. The summed E-state index contributed by atoms with van der Waals surface area (Å²) in [6.45, 7) is 10.5. The Morgan fingerprint density at radius 3 is 2.43 bits per heavy atom. The summed E-state index contributed by atoms with van der Waals surface area (Å²) in [5.41, 5.74) is 6.89. The Balaban J connectivity index is 2.22. The first-order valence-corrected chi connectivity index (χ1v) is 9.52. The monoisotopic (exact) mass is 327 g/mol. The lowest BCUT2D eigenvalue weighted by Crippen LogP contribution is -2.48. The molecular formula is C15H25N3OS2. The second kappa shape index (κ2) is 7.03. The maximum absolute atomic E-state index is 12.0. The van der Waals surface area contributed by atoms with E-state index in [0.29, 0.717) is 18.2 Å². The molecule has 0 amide bonds. The molecule has 0 atom stereocenters. The molecule has 0 spiro atoms. The molecule has 21 heavy (non-hydrogen) atoms. The average molecular weight is 328 g/mol. The Morgan fingerprint density at radius 2 is 1.95 bits per heavy atom. The topological polar surface area (TPSA) is 49.6 Å². The van der Waals surface area contributed by atoms with E-state index in [1.807, 2.05) is 13.2 Å². The molecule has 0 bridgehead atoms. The number of piperazine rings is 1. The van der Waals surface area contributed by atoms with Gasteiger partial charge in [-0.15, -0.1) is 23.1 Å². The molecule has 1 saturated heterocycles. The number of ketones is 1. The van der Waals surface area contributed by atoms with Crippen LogP contribution >= 0.6 is 23.1 Å². The van der Waals surface area contributed by atoms with E-state index in [9.17, 15) is 4.79 Å². The number of rotatable bonds is 5. The second-order valence-corrected chi connectivity index (χ2v) is 7.39. The lowest BCUT2D eigenvalue weighted by molar-refractivity contribution is 0.0992. The molecule has 0 saturated carbocycles. The fourth-order valence-electron chi connectivity index (χ4n) is 2.63. The minimum Gasteiger partial charge on any atom is -0.396 e. The van der Waals surface area contributed by atoms with E-state index in [1.165, 1.54) is 5.00 Å². The van der Waals surface area contributed by atoms with Gasteiger partial charge in [-0.05, 0) is 20.1 Å². The first-order valence-electron chi connectivity index (χ1n) is 7.48. The van der Waals surface area contributed by atoms with E-state index in [-0.39, 0.29) is 5.78 Å². The summed E-state index contributed by atoms with van der Waals surface area (Å²) >= 11 is 3.22. The zero-order chi connectivity index (χ0) is 15.6. The van der Waals surface area contributed by atoms with Gasteiger partial charge in [-0.25, -0.2) is 0 Å². The van der Waals surface area contributed by atoms with Gasteiger partial charge >= 0.3 is 0 Å². The Labute approximate surface area is 135 Å². The molecule has 0 aromatic carbocycles.